The lowest BCUT2D eigenvalue weighted by molar-refractivity contribution is -0.141. The Morgan fingerprint density at radius 2 is 1.88 bits per heavy atom. The second kappa shape index (κ2) is 5.26. The van der Waals surface area contributed by atoms with Crippen molar-refractivity contribution in [2.75, 3.05) is 19.6 Å². The van der Waals surface area contributed by atoms with Gasteiger partial charge in [-0.1, -0.05) is 19.1 Å². The highest BCUT2D eigenvalue weighted by Crippen LogP contribution is 2.52. The number of piperidine rings is 3. The first-order valence-corrected chi connectivity index (χ1v) is 9.49. The third-order valence-corrected chi connectivity index (χ3v) is 7.15. The first-order chi connectivity index (χ1) is 12.0. The molecule has 1 amide bonds. The highest BCUT2D eigenvalue weighted by Gasteiger charge is 2.58. The quantitative estimate of drug-likeness (QED) is 0.821. The van der Waals surface area contributed by atoms with Crippen LogP contribution in [0.25, 0.3) is 0 Å². The highest BCUT2D eigenvalue weighted by molar-refractivity contribution is 5.85. The molecule has 134 valence electrons. The molecule has 0 radical (unpaired) electrons. The summed E-state index contributed by atoms with van der Waals surface area (Å²) in [6, 6.07) is 4.77. The van der Waals surface area contributed by atoms with Gasteiger partial charge in [0.05, 0.1) is 6.04 Å². The second-order valence-corrected chi connectivity index (χ2v) is 8.62. The van der Waals surface area contributed by atoms with Gasteiger partial charge < -0.3 is 4.90 Å². The number of nitrogens with zero attached hydrogens (tertiary/aromatic N) is 2. The van der Waals surface area contributed by atoms with Gasteiger partial charge in [0, 0.05) is 23.9 Å². The van der Waals surface area contributed by atoms with E-state index in [1.54, 1.807) is 12.1 Å². The molecule has 25 heavy (non-hydrogen) atoms. The fraction of sp³-hybridized carbons (Fsp3) is 0.650. The molecule has 2 bridgehead atoms. The number of likely N-dealkylation sites (tertiary alicyclic amines) is 1. The Hall–Kier alpha value is -1.49. The smallest absolute Gasteiger partial charge is 0.228 e. The average molecular weight is 346 g/mol. The van der Waals surface area contributed by atoms with E-state index in [1.807, 2.05) is 11.8 Å². The summed E-state index contributed by atoms with van der Waals surface area (Å²) in [5, 5.41) is 0. The van der Waals surface area contributed by atoms with Crippen LogP contribution < -0.4 is 0 Å². The molecule has 1 saturated carbocycles. The van der Waals surface area contributed by atoms with Crippen LogP contribution >= 0.6 is 0 Å². The normalized spacial score (nSPS) is 37.9. The zero-order chi connectivity index (χ0) is 17.3. The zero-order valence-corrected chi connectivity index (χ0v) is 14.5. The summed E-state index contributed by atoms with van der Waals surface area (Å²) in [7, 11) is 0. The zero-order valence-electron chi connectivity index (χ0n) is 14.5. The predicted molar refractivity (Wildman–Crippen MR) is 90.0 cm³/mol. The molecule has 1 aliphatic carbocycles. The number of amides is 1. The van der Waals surface area contributed by atoms with Crippen LogP contribution in [0.15, 0.2) is 18.2 Å². The Bertz CT molecular complexity index is 724. The summed E-state index contributed by atoms with van der Waals surface area (Å²) >= 11 is 0. The van der Waals surface area contributed by atoms with E-state index in [-0.39, 0.29) is 29.3 Å². The van der Waals surface area contributed by atoms with E-state index < -0.39 is 11.6 Å². The maximum absolute atomic E-state index is 14.5. The van der Waals surface area contributed by atoms with Gasteiger partial charge in [-0.05, 0) is 56.3 Å². The van der Waals surface area contributed by atoms with Crippen LogP contribution in [0, 0.1) is 23.0 Å². The monoisotopic (exact) mass is 346 g/mol. The van der Waals surface area contributed by atoms with Gasteiger partial charge in [-0.25, -0.2) is 8.78 Å². The van der Waals surface area contributed by atoms with E-state index in [4.69, 9.17) is 0 Å². The molecule has 6 rings (SSSR count). The maximum atomic E-state index is 14.5. The molecule has 3 atom stereocenters. The molecule has 1 aromatic rings. The van der Waals surface area contributed by atoms with Crippen molar-refractivity contribution >= 4 is 5.91 Å². The largest absolute Gasteiger partial charge is 0.337 e. The molecule has 1 aromatic carbocycles. The molecule has 4 aliphatic heterocycles. The Morgan fingerprint density at radius 3 is 2.56 bits per heavy atom. The van der Waals surface area contributed by atoms with Crippen molar-refractivity contribution in [3.63, 3.8) is 0 Å². The van der Waals surface area contributed by atoms with Crippen molar-refractivity contribution in [2.24, 2.45) is 11.3 Å². The minimum Gasteiger partial charge on any atom is -0.337 e. The molecule has 5 fully saturated rings. The topological polar surface area (TPSA) is 23.6 Å². The van der Waals surface area contributed by atoms with E-state index in [9.17, 15) is 13.6 Å². The van der Waals surface area contributed by atoms with Crippen LogP contribution in [0.3, 0.4) is 0 Å². The number of halogens is 2. The third-order valence-electron chi connectivity index (χ3n) is 7.15. The minimum atomic E-state index is -0.788. The van der Waals surface area contributed by atoms with E-state index in [0.717, 1.165) is 38.8 Å². The number of hydrogen-bond donors (Lipinski definition) is 0. The van der Waals surface area contributed by atoms with E-state index in [0.29, 0.717) is 18.0 Å². The van der Waals surface area contributed by atoms with Crippen molar-refractivity contribution in [3.8, 4) is 0 Å². The number of carbonyl (C=O) groups is 1. The molecule has 3 nitrogen and oxygen atoms in total. The number of carbonyl (C=O) groups excluding carboxylic acids is 1. The van der Waals surface area contributed by atoms with Crippen molar-refractivity contribution < 1.29 is 13.6 Å². The Labute approximate surface area is 147 Å². The Morgan fingerprint density at radius 1 is 1.16 bits per heavy atom. The molecular formula is C20H24F2N2O. The lowest BCUT2D eigenvalue weighted by Gasteiger charge is -2.51. The molecule has 5 aliphatic rings. The van der Waals surface area contributed by atoms with Crippen LogP contribution in [0.2, 0.25) is 0 Å². The summed E-state index contributed by atoms with van der Waals surface area (Å²) in [5.41, 5.74) is 0.227. The molecule has 4 heterocycles. The fourth-order valence-corrected chi connectivity index (χ4v) is 5.48. The number of hydrogen-bond acceptors (Lipinski definition) is 2. The van der Waals surface area contributed by atoms with Gasteiger partial charge in [-0.2, -0.15) is 0 Å². The van der Waals surface area contributed by atoms with Crippen LogP contribution in [0.1, 0.15) is 44.1 Å². The Kier molecular flexibility index (Phi) is 3.31. The summed E-state index contributed by atoms with van der Waals surface area (Å²) in [6.45, 7) is 4.59. The van der Waals surface area contributed by atoms with Crippen molar-refractivity contribution in [3.05, 3.63) is 35.4 Å². The molecule has 4 saturated heterocycles. The molecular weight excluding hydrogens is 322 g/mol. The van der Waals surface area contributed by atoms with Crippen LogP contribution in [-0.4, -0.2) is 47.4 Å². The molecule has 5 heteroatoms. The van der Waals surface area contributed by atoms with E-state index in [2.05, 4.69) is 4.90 Å². The molecule has 0 aromatic heterocycles. The standard InChI is InChI=1S/C20H24F2N2O/c1-20(7-8-20)19(25)24-11-14(13-3-2-4-15(21)16(13)22)18-17(24)12-5-9-23(18)10-6-12/h2-4,12,14,17-18H,5-11H2,1H3/t14-,17-,18-/m1/s1. The fourth-order valence-electron chi connectivity index (χ4n) is 5.48. The van der Waals surface area contributed by atoms with Crippen LogP contribution in [-0.2, 0) is 4.79 Å². The molecule has 0 unspecified atom stereocenters. The van der Waals surface area contributed by atoms with Gasteiger partial charge in [-0.3, -0.25) is 9.69 Å². The first kappa shape index (κ1) is 15.7. The van der Waals surface area contributed by atoms with Crippen molar-refractivity contribution in [1.82, 2.24) is 9.80 Å². The van der Waals surface area contributed by atoms with Crippen molar-refractivity contribution in [1.29, 1.82) is 0 Å². The lowest BCUT2D eigenvalue weighted by atomic mass is 9.75. The first-order valence-electron chi connectivity index (χ1n) is 9.49. The van der Waals surface area contributed by atoms with E-state index in [1.165, 1.54) is 6.07 Å². The van der Waals surface area contributed by atoms with Gasteiger partial charge in [0.1, 0.15) is 0 Å². The van der Waals surface area contributed by atoms with E-state index >= 15 is 0 Å². The summed E-state index contributed by atoms with van der Waals surface area (Å²) in [5.74, 6) is -0.918. The summed E-state index contributed by atoms with van der Waals surface area (Å²) < 4.78 is 28.4. The average Bonchev–Trinajstić information content (AvgIpc) is 3.25. The molecule has 0 spiro atoms. The van der Waals surface area contributed by atoms with Gasteiger partial charge >= 0.3 is 0 Å². The van der Waals surface area contributed by atoms with Crippen LogP contribution in [0.5, 0.6) is 0 Å². The Balaban J connectivity index is 1.56. The predicted octanol–water partition coefficient (Wildman–Crippen LogP) is 3.15. The summed E-state index contributed by atoms with van der Waals surface area (Å²) in [6.07, 6.45) is 4.13. The third kappa shape index (κ3) is 2.21. The van der Waals surface area contributed by atoms with Crippen molar-refractivity contribution in [2.45, 2.75) is 50.6 Å². The van der Waals surface area contributed by atoms with Gasteiger partial charge in [0.15, 0.2) is 11.6 Å². The number of rotatable bonds is 2. The minimum absolute atomic E-state index is 0.130. The lowest BCUT2D eigenvalue weighted by Crippen LogP contribution is -2.61. The van der Waals surface area contributed by atoms with Crippen LogP contribution in [0.4, 0.5) is 8.78 Å². The van der Waals surface area contributed by atoms with Gasteiger partial charge in [0.25, 0.3) is 0 Å². The van der Waals surface area contributed by atoms with Gasteiger partial charge in [0.2, 0.25) is 5.91 Å². The SMILES string of the molecule is CC1(C(=O)N2C[C@H](c3cccc(F)c3F)[C@@H]3[C@H]2C2CCN3CC2)CC1. The highest BCUT2D eigenvalue weighted by atomic mass is 19.2. The number of fused-ring (bicyclic) bond motifs is 2. The second-order valence-electron chi connectivity index (χ2n) is 8.62. The molecule has 0 N–H and O–H groups in total. The summed E-state index contributed by atoms with van der Waals surface area (Å²) in [4.78, 5) is 17.6. The maximum Gasteiger partial charge on any atom is 0.228 e. The van der Waals surface area contributed by atoms with Gasteiger partial charge in [-0.15, -0.1) is 0 Å². The number of benzene rings is 1.